The summed E-state index contributed by atoms with van der Waals surface area (Å²) in [6.07, 6.45) is -1.83. The Bertz CT molecular complexity index is 73.3. The fourth-order valence-corrected chi connectivity index (χ4v) is 0. The van der Waals surface area contributed by atoms with Gasteiger partial charge < -0.3 is 11.5 Å². The van der Waals surface area contributed by atoms with E-state index in [4.69, 9.17) is 0 Å². The summed E-state index contributed by atoms with van der Waals surface area (Å²) < 4.78 is 20.3. The van der Waals surface area contributed by atoms with Crippen LogP contribution in [0.25, 0.3) is 0 Å². The Labute approximate surface area is 51.2 Å². The minimum absolute atomic E-state index is 0.000000000000000222. The van der Waals surface area contributed by atoms with E-state index in [9.17, 15) is 8.78 Å². The third kappa shape index (κ3) is 193. The average molecular weight is 140 g/mol. The van der Waals surface area contributed by atoms with Crippen LogP contribution in [0.2, 0.25) is 0 Å². The van der Waals surface area contributed by atoms with Crippen LogP contribution in [0.1, 0.15) is 0 Å². The van der Waals surface area contributed by atoms with Crippen LogP contribution in [0.5, 0.6) is 0 Å². The molecule has 0 radical (unpaired) electrons. The van der Waals surface area contributed by atoms with Crippen molar-refractivity contribution in [2.24, 2.45) is 11.5 Å². The van der Waals surface area contributed by atoms with Crippen LogP contribution in [0.15, 0.2) is 12.7 Å². The van der Waals surface area contributed by atoms with Gasteiger partial charge in [0.15, 0.2) is 5.11 Å². The highest BCUT2D eigenvalue weighted by atomic mass is 32.1. The molecule has 0 aromatic rings. The quantitative estimate of drug-likeness (QED) is 0.484. The number of hydrogen-bond donors (Lipinski definition) is 2. The van der Waals surface area contributed by atoms with Gasteiger partial charge in [-0.1, -0.05) is 0 Å². The van der Waals surface area contributed by atoms with Gasteiger partial charge >= 0.3 is 0 Å². The number of thiocarbonyl (C=S) groups is 1. The molecule has 0 spiro atoms. The van der Waals surface area contributed by atoms with Gasteiger partial charge in [-0.05, 0) is 18.8 Å². The van der Waals surface area contributed by atoms with E-state index in [0.29, 0.717) is 0 Å². The molecule has 0 aliphatic rings. The number of hydrogen-bond acceptors (Lipinski definition) is 1. The number of halogens is 2. The van der Waals surface area contributed by atoms with Crippen molar-refractivity contribution in [2.45, 2.75) is 0 Å². The van der Waals surface area contributed by atoms with E-state index < -0.39 is 6.08 Å². The van der Waals surface area contributed by atoms with E-state index in [-0.39, 0.29) is 5.11 Å². The van der Waals surface area contributed by atoms with Gasteiger partial charge in [0.05, 0.1) is 0 Å². The monoisotopic (exact) mass is 140 g/mol. The van der Waals surface area contributed by atoms with Crippen LogP contribution in [0, 0.1) is 0 Å². The SMILES string of the molecule is C=C(F)F.NC(N)=S. The van der Waals surface area contributed by atoms with Gasteiger partial charge in [0.1, 0.15) is 0 Å². The van der Waals surface area contributed by atoms with E-state index >= 15 is 0 Å². The largest absolute Gasteiger partial charge is 0.377 e. The minimum Gasteiger partial charge on any atom is -0.377 e. The van der Waals surface area contributed by atoms with E-state index in [1.807, 2.05) is 0 Å². The lowest BCUT2D eigenvalue weighted by Gasteiger charge is -1.68. The Morgan fingerprint density at radius 2 is 1.38 bits per heavy atom. The van der Waals surface area contributed by atoms with Crippen LogP contribution in [-0.2, 0) is 0 Å². The van der Waals surface area contributed by atoms with Crippen molar-refractivity contribution in [2.75, 3.05) is 0 Å². The molecule has 0 aromatic heterocycles. The standard InChI is InChI=1S/C2H2F2.CH4N2S/c1-2(3)4;2-1(3)4/h1H2;(H4,2,3,4). The molecule has 0 atom stereocenters. The predicted octanol–water partition coefficient (Wildman–Crippen LogP) is 0.585. The smallest absolute Gasteiger partial charge is 0.263 e. The zero-order chi connectivity index (χ0) is 7.15. The average Bonchev–Trinajstić information content (AvgIpc) is 1.25. The van der Waals surface area contributed by atoms with Crippen molar-refractivity contribution in [3.8, 4) is 0 Å². The van der Waals surface area contributed by atoms with Gasteiger partial charge in [-0.2, -0.15) is 8.78 Å². The van der Waals surface area contributed by atoms with Crippen LogP contribution in [0.4, 0.5) is 8.78 Å². The van der Waals surface area contributed by atoms with E-state index in [1.165, 1.54) is 0 Å². The lowest BCUT2D eigenvalue weighted by atomic mass is 11.2. The summed E-state index contributed by atoms with van der Waals surface area (Å²) in [4.78, 5) is 0. The third-order valence-corrected chi connectivity index (χ3v) is 0. The highest BCUT2D eigenvalue weighted by Crippen LogP contribution is 1.85. The fourth-order valence-electron chi connectivity index (χ4n) is 0. The van der Waals surface area contributed by atoms with Gasteiger partial charge in [0.2, 0.25) is 0 Å². The topological polar surface area (TPSA) is 52.0 Å². The summed E-state index contributed by atoms with van der Waals surface area (Å²) in [6, 6.07) is 0. The third-order valence-electron chi connectivity index (χ3n) is 0. The molecule has 0 aromatic carbocycles. The molecule has 0 unspecified atom stereocenters. The van der Waals surface area contributed by atoms with Crippen molar-refractivity contribution in [1.29, 1.82) is 0 Å². The minimum atomic E-state index is -1.83. The van der Waals surface area contributed by atoms with Gasteiger partial charge in [-0.25, -0.2) is 0 Å². The van der Waals surface area contributed by atoms with Gasteiger partial charge in [-0.15, -0.1) is 0 Å². The summed E-state index contributed by atoms with van der Waals surface area (Å²) in [5, 5.41) is 0.000000000000000222. The maximum Gasteiger partial charge on any atom is 0.263 e. The second-order valence-corrected chi connectivity index (χ2v) is 1.21. The molecule has 0 aliphatic carbocycles. The second-order valence-electron chi connectivity index (χ2n) is 0.741. The molecule has 48 valence electrons. The Hall–Kier alpha value is -0.710. The molecule has 0 aliphatic heterocycles. The lowest BCUT2D eigenvalue weighted by Crippen LogP contribution is -2.18. The summed E-state index contributed by atoms with van der Waals surface area (Å²) >= 11 is 4.09. The van der Waals surface area contributed by atoms with Crippen molar-refractivity contribution in [3.05, 3.63) is 12.7 Å². The first-order valence-corrected chi connectivity index (χ1v) is 1.92. The van der Waals surface area contributed by atoms with Gasteiger partial charge in [0.25, 0.3) is 6.08 Å². The maximum atomic E-state index is 10.1. The molecule has 2 nitrogen and oxygen atoms in total. The molecule has 0 fully saturated rings. The van der Waals surface area contributed by atoms with Gasteiger partial charge in [-0.3, -0.25) is 0 Å². The van der Waals surface area contributed by atoms with E-state index in [0.717, 1.165) is 0 Å². The molecular weight excluding hydrogens is 134 g/mol. The number of rotatable bonds is 0. The van der Waals surface area contributed by atoms with Gasteiger partial charge in [0, 0.05) is 0 Å². The first kappa shape index (κ1) is 10.3. The van der Waals surface area contributed by atoms with Crippen molar-refractivity contribution >= 4 is 17.3 Å². The Balaban J connectivity index is 0. The lowest BCUT2D eigenvalue weighted by molar-refractivity contribution is 0.426. The van der Waals surface area contributed by atoms with Crippen molar-refractivity contribution < 1.29 is 8.78 Å². The Morgan fingerprint density at radius 1 is 1.38 bits per heavy atom. The molecule has 5 heteroatoms. The molecular formula is C3H6F2N2S. The summed E-state index contributed by atoms with van der Waals surface area (Å²) in [5.74, 6) is 0. The maximum absolute atomic E-state index is 10.1. The first-order valence-electron chi connectivity index (χ1n) is 1.51. The second kappa shape index (κ2) is 6.29. The highest BCUT2D eigenvalue weighted by Gasteiger charge is 1.65. The van der Waals surface area contributed by atoms with Crippen LogP contribution in [-0.4, -0.2) is 5.11 Å². The first-order chi connectivity index (χ1) is 3.46. The van der Waals surface area contributed by atoms with Crippen molar-refractivity contribution in [1.82, 2.24) is 0 Å². The van der Waals surface area contributed by atoms with Crippen LogP contribution < -0.4 is 11.5 Å². The molecule has 0 saturated carbocycles. The number of nitrogens with two attached hydrogens (primary N) is 2. The zero-order valence-corrected chi connectivity index (χ0v) is 4.84. The zero-order valence-electron chi connectivity index (χ0n) is 4.03. The van der Waals surface area contributed by atoms with Crippen molar-refractivity contribution in [3.63, 3.8) is 0 Å². The van der Waals surface area contributed by atoms with E-state index in [1.54, 1.807) is 0 Å². The van der Waals surface area contributed by atoms with Crippen LogP contribution >= 0.6 is 12.2 Å². The predicted molar refractivity (Wildman–Crippen MR) is 32.3 cm³/mol. The molecule has 4 N–H and O–H groups in total. The molecule has 0 bridgehead atoms. The summed E-state index contributed by atoms with van der Waals surface area (Å²) in [7, 11) is 0. The highest BCUT2D eigenvalue weighted by molar-refractivity contribution is 7.80. The normalized spacial score (nSPS) is 6.25. The summed E-state index contributed by atoms with van der Waals surface area (Å²) in [5.41, 5.74) is 9.24. The molecule has 0 saturated heterocycles. The Kier molecular flexibility index (Phi) is 8.10. The summed E-state index contributed by atoms with van der Waals surface area (Å²) in [6.45, 7) is 2.22. The molecule has 0 heterocycles. The molecule has 0 amide bonds. The van der Waals surface area contributed by atoms with Crippen LogP contribution in [0.3, 0.4) is 0 Å². The molecule has 8 heavy (non-hydrogen) atoms. The Morgan fingerprint density at radius 3 is 1.38 bits per heavy atom. The molecule has 0 rings (SSSR count). The fraction of sp³-hybridized carbons (Fsp3) is 0. The van der Waals surface area contributed by atoms with E-state index in [2.05, 4.69) is 30.3 Å².